The minimum Gasteiger partial charge on any atom is -0.813 e. The van der Waals surface area contributed by atoms with Gasteiger partial charge in [-0.3, -0.25) is 19.2 Å². The minimum atomic E-state index is -3.63. The molecule has 0 aliphatic carbocycles. The normalized spacial score (nSPS) is 5.50. The molecule has 0 aliphatic rings. The smallest absolute Gasteiger partial charge is 0.813 e. The summed E-state index contributed by atoms with van der Waals surface area (Å²) in [6.45, 7) is 18.0. The molecule has 0 unspecified atom stereocenters. The van der Waals surface area contributed by atoms with Crippen LogP contribution >= 0.6 is 24.8 Å². The van der Waals surface area contributed by atoms with Crippen molar-refractivity contribution in [1.82, 2.24) is 0 Å². The molecule has 0 bridgehead atoms. The van der Waals surface area contributed by atoms with Gasteiger partial charge in [-0.25, -0.2) is 0 Å². The predicted molar refractivity (Wildman–Crippen MR) is 49.8 cm³/mol. The maximum atomic E-state index is 8.52. The molecule has 0 saturated heterocycles. The van der Waals surface area contributed by atoms with E-state index in [-0.39, 0.29) is 34.1 Å². The van der Waals surface area contributed by atoms with Crippen LogP contribution in [0, 0.1) is 0 Å². The fourth-order valence-electron chi connectivity index (χ4n) is 0. The minimum absolute atomic E-state index is 0. The Morgan fingerprint density at radius 1 is 0.409 bits per heavy atom. The summed E-state index contributed by atoms with van der Waals surface area (Å²) in [7, 11) is -10.9. The van der Waals surface area contributed by atoms with Gasteiger partial charge in [0.2, 0.25) is 0 Å². The summed E-state index contributed by atoms with van der Waals surface area (Å²) in [4.78, 5) is 81.1. The zero-order chi connectivity index (χ0) is 18.7. The molecule has 0 fully saturated rings. The molecule has 13 nitrogen and oxygen atoms in total. The van der Waals surface area contributed by atoms with E-state index in [2.05, 4.69) is 27.2 Å². The van der Waals surface area contributed by atoms with Gasteiger partial charge in [0.05, 0.1) is 0 Å². The van der Waals surface area contributed by atoms with Gasteiger partial charge in [-0.1, -0.05) is 24.8 Å². The van der Waals surface area contributed by atoms with Gasteiger partial charge in [0.1, 0.15) is 0 Å². The first-order valence-corrected chi connectivity index (χ1v) is 6.33. The Kier molecular flexibility index (Phi) is 267. The fraction of sp³-hybridized carbons (Fsp3) is 0. The van der Waals surface area contributed by atoms with Crippen molar-refractivity contribution >= 4 is 51.9 Å². The third kappa shape index (κ3) is 260000. The quantitative estimate of drug-likeness (QED) is 0.239. The van der Waals surface area contributed by atoms with E-state index in [0.29, 0.717) is 0 Å². The van der Waals surface area contributed by atoms with Crippen LogP contribution in [0.4, 0.5) is 0 Å². The van der Waals surface area contributed by atoms with E-state index in [4.69, 9.17) is 62.2 Å². The Morgan fingerprint density at radius 3 is 0.409 bits per heavy atom. The second-order valence-corrected chi connectivity index (χ2v) is 2.25. The first kappa shape index (κ1) is 57.3. The molecule has 0 rings (SSSR count). The second-order valence-electron chi connectivity index (χ2n) is 0.750. The van der Waals surface area contributed by atoms with Crippen LogP contribution < -0.4 is 29.4 Å². The molecular formula is C4H3Fe2O13P3. The number of hydrogen-bond donors (Lipinski definition) is 0. The molecule has 0 amide bonds. The van der Waals surface area contributed by atoms with Crippen molar-refractivity contribution in [2.24, 2.45) is 0 Å². The monoisotopic (exact) mass is 464 g/mol. The zero-order valence-corrected chi connectivity index (χ0v) is 14.7. The van der Waals surface area contributed by atoms with Gasteiger partial charge in [0.25, 0.3) is 27.2 Å². The summed E-state index contributed by atoms with van der Waals surface area (Å²) in [5, 5.41) is 0. The van der Waals surface area contributed by atoms with Crippen molar-refractivity contribution in [2.75, 3.05) is 0 Å². The maximum absolute atomic E-state index is 8.52. The molecule has 18 heteroatoms. The molecule has 0 atom stereocenters. The molecule has 0 aromatic heterocycles. The van der Waals surface area contributed by atoms with Crippen molar-refractivity contribution < 1.29 is 96.4 Å². The Hall–Kier alpha value is 0.169. The summed E-state index contributed by atoms with van der Waals surface area (Å²) in [6.07, 6.45) is 0. The van der Waals surface area contributed by atoms with E-state index >= 15 is 0 Å². The summed E-state index contributed by atoms with van der Waals surface area (Å²) in [5.41, 5.74) is 0. The van der Waals surface area contributed by atoms with E-state index in [0.717, 1.165) is 0 Å². The third-order valence-electron chi connectivity index (χ3n) is 0. The second kappa shape index (κ2) is 102. The first-order chi connectivity index (χ1) is 9.20. The largest absolute Gasteiger partial charge is 3.00 e. The standard InChI is InChI=1S/4CO.2Fe.3H3O3P/c4*1-2;;;3*1-4(2)3/h;;;;;;3*4H,(H2,1,2,3)/q;;;;2*+3;;;/p-6. The van der Waals surface area contributed by atoms with Gasteiger partial charge in [0.15, 0.2) is 0 Å². The van der Waals surface area contributed by atoms with Gasteiger partial charge in [-0.15, -0.1) is 0 Å². The molecule has 0 spiro atoms. The molecule has 0 aromatic carbocycles. The van der Waals surface area contributed by atoms with E-state index in [1.54, 1.807) is 0 Å². The summed E-state index contributed by atoms with van der Waals surface area (Å²) in [5.74, 6) is 0. The molecule has 0 heterocycles. The molecule has 10 radical (unpaired) electrons. The van der Waals surface area contributed by atoms with Crippen molar-refractivity contribution in [2.45, 2.75) is 0 Å². The molecule has 22 heavy (non-hydrogen) atoms. The third-order valence-corrected chi connectivity index (χ3v) is 0. The number of hydrogen-bond acceptors (Lipinski definition) is 13. The van der Waals surface area contributed by atoms with E-state index in [1.807, 2.05) is 0 Å². The molecule has 128 valence electrons. The van der Waals surface area contributed by atoms with E-state index < -0.39 is 24.8 Å². The Labute approximate surface area is 148 Å². The van der Waals surface area contributed by atoms with Crippen molar-refractivity contribution in [1.29, 1.82) is 0 Å². The van der Waals surface area contributed by atoms with Crippen LogP contribution in [0.15, 0.2) is 0 Å². The van der Waals surface area contributed by atoms with Crippen LogP contribution in [0.5, 0.6) is 0 Å². The van der Waals surface area contributed by atoms with Gasteiger partial charge >= 0.3 is 34.1 Å². The predicted octanol–water partition coefficient (Wildman–Crippen LogP) is -7.30. The topological polar surface area (TPSA) is 258 Å². The Balaban J connectivity index is -0.0000000130. The van der Waals surface area contributed by atoms with E-state index in [1.165, 1.54) is 0 Å². The average Bonchev–Trinajstić information content (AvgIpc) is 2.36. The van der Waals surface area contributed by atoms with Gasteiger partial charge in [-0.05, 0) is 0 Å². The average molecular weight is 464 g/mol. The van der Waals surface area contributed by atoms with Crippen molar-refractivity contribution in [3.05, 3.63) is 0 Å². The van der Waals surface area contributed by atoms with Crippen LogP contribution in [-0.2, 0) is 67.0 Å². The van der Waals surface area contributed by atoms with Crippen LogP contribution in [-0.4, -0.2) is 27.2 Å². The van der Waals surface area contributed by atoms with Gasteiger partial charge in [-0.2, -0.15) is 0 Å². The van der Waals surface area contributed by atoms with Crippen molar-refractivity contribution in [3.8, 4) is 0 Å². The zero-order valence-electron chi connectivity index (χ0n) is 9.51. The Morgan fingerprint density at radius 2 is 0.409 bits per heavy atom. The van der Waals surface area contributed by atoms with Crippen molar-refractivity contribution in [3.63, 3.8) is 0 Å². The number of rotatable bonds is 0. The SMILES string of the molecule is O=[PH]([O-])[O-].O=[PH]([O-])[O-].O=[PH]([O-])[O-].[C]=O.[C]=O.[C]=O.[C]=O.[Fe+3].[Fe+3]. The first-order valence-electron chi connectivity index (χ1n) is 2.65. The molecule has 0 aromatic rings. The summed E-state index contributed by atoms with van der Waals surface area (Å²) >= 11 is 0. The van der Waals surface area contributed by atoms with Crippen LogP contribution in [0.3, 0.4) is 0 Å². The van der Waals surface area contributed by atoms with Gasteiger partial charge in [0, 0.05) is 0 Å². The van der Waals surface area contributed by atoms with Gasteiger partial charge < -0.3 is 43.1 Å². The maximum Gasteiger partial charge on any atom is 3.00 e. The van der Waals surface area contributed by atoms with Crippen LogP contribution in [0.1, 0.15) is 0 Å². The number of carbonyl (C=O) groups excluding carboxylic acids is 4. The molecule has 0 saturated carbocycles. The van der Waals surface area contributed by atoms with Crippen LogP contribution in [0.25, 0.3) is 0 Å². The molecule has 0 aliphatic heterocycles. The fourth-order valence-corrected chi connectivity index (χ4v) is 0. The van der Waals surface area contributed by atoms with Crippen LogP contribution in [0.2, 0.25) is 0 Å². The van der Waals surface area contributed by atoms with E-state index in [9.17, 15) is 0 Å². The Bertz CT molecular complexity index is 171. The summed E-state index contributed by atoms with van der Waals surface area (Å²) < 4.78 is 25.6. The molecule has 0 N–H and O–H groups in total. The summed E-state index contributed by atoms with van der Waals surface area (Å²) in [6, 6.07) is 0. The molecular weight excluding hydrogens is 461 g/mol.